The van der Waals surface area contributed by atoms with Crippen LogP contribution in [0.5, 0.6) is 5.75 Å². The molecule has 0 heterocycles. The van der Waals surface area contributed by atoms with Crippen LogP contribution in [0.1, 0.15) is 28.3 Å². The molecule has 138 valence electrons. The van der Waals surface area contributed by atoms with Crippen molar-refractivity contribution in [2.24, 2.45) is 0 Å². The number of carbonyl (C=O) groups excluding carboxylic acids is 1. The summed E-state index contributed by atoms with van der Waals surface area (Å²) >= 11 is 6.02. The molecule has 3 aromatic rings. The molecule has 0 bridgehead atoms. The lowest BCUT2D eigenvalue weighted by atomic mass is 9.98. The van der Waals surface area contributed by atoms with Crippen molar-refractivity contribution in [1.82, 2.24) is 5.32 Å². The van der Waals surface area contributed by atoms with Crippen molar-refractivity contribution in [3.05, 3.63) is 100 Å². The van der Waals surface area contributed by atoms with Gasteiger partial charge in [0.25, 0.3) is 0 Å². The smallest absolute Gasteiger partial charge is 0.225 e. The van der Waals surface area contributed by atoms with Crippen LogP contribution >= 0.6 is 11.6 Å². The Morgan fingerprint density at radius 2 is 1.67 bits per heavy atom. The zero-order valence-electron chi connectivity index (χ0n) is 15.4. The van der Waals surface area contributed by atoms with E-state index in [1.165, 1.54) is 0 Å². The van der Waals surface area contributed by atoms with Crippen molar-refractivity contribution in [2.45, 2.75) is 19.4 Å². The summed E-state index contributed by atoms with van der Waals surface area (Å²) in [6.07, 6.45) is 0.285. The van der Waals surface area contributed by atoms with Gasteiger partial charge in [0.15, 0.2) is 0 Å². The van der Waals surface area contributed by atoms with Gasteiger partial charge in [0.2, 0.25) is 5.91 Å². The SMILES string of the molecule is COc1cc(CC(=O)NC(c2ccccc2)c2ccc(Cl)cc2)ccc1C. The van der Waals surface area contributed by atoms with Crippen LogP contribution in [0.3, 0.4) is 0 Å². The average molecular weight is 380 g/mol. The fraction of sp³-hybridized carbons (Fsp3) is 0.174. The first-order valence-corrected chi connectivity index (χ1v) is 9.18. The first kappa shape index (κ1) is 19.0. The van der Waals surface area contributed by atoms with Crippen molar-refractivity contribution >= 4 is 17.5 Å². The van der Waals surface area contributed by atoms with Gasteiger partial charge in [-0.1, -0.05) is 66.2 Å². The van der Waals surface area contributed by atoms with Gasteiger partial charge < -0.3 is 10.1 Å². The van der Waals surface area contributed by atoms with Gasteiger partial charge in [-0.2, -0.15) is 0 Å². The predicted octanol–water partition coefficient (Wildman–Crippen LogP) is 5.11. The summed E-state index contributed by atoms with van der Waals surface area (Å²) in [4.78, 5) is 12.7. The maximum absolute atomic E-state index is 12.7. The number of hydrogen-bond acceptors (Lipinski definition) is 2. The van der Waals surface area contributed by atoms with Crippen LogP contribution in [0.2, 0.25) is 5.02 Å². The van der Waals surface area contributed by atoms with Crippen molar-refractivity contribution < 1.29 is 9.53 Å². The molecular formula is C23H22ClNO2. The zero-order valence-corrected chi connectivity index (χ0v) is 16.2. The van der Waals surface area contributed by atoms with Gasteiger partial charge in [-0.05, 0) is 47.4 Å². The summed E-state index contributed by atoms with van der Waals surface area (Å²) in [5.41, 5.74) is 3.97. The molecule has 0 spiro atoms. The molecule has 0 fully saturated rings. The van der Waals surface area contributed by atoms with Gasteiger partial charge in [0.1, 0.15) is 5.75 Å². The number of methoxy groups -OCH3 is 1. The van der Waals surface area contributed by atoms with E-state index in [0.29, 0.717) is 5.02 Å². The summed E-state index contributed by atoms with van der Waals surface area (Å²) in [5.74, 6) is 0.738. The predicted molar refractivity (Wildman–Crippen MR) is 109 cm³/mol. The van der Waals surface area contributed by atoms with E-state index in [4.69, 9.17) is 16.3 Å². The lowest BCUT2D eigenvalue weighted by Crippen LogP contribution is -2.30. The number of benzene rings is 3. The quantitative estimate of drug-likeness (QED) is 0.646. The second kappa shape index (κ2) is 8.74. The Hall–Kier alpha value is -2.78. The van der Waals surface area contributed by atoms with E-state index in [1.54, 1.807) is 7.11 Å². The summed E-state index contributed by atoms with van der Waals surface area (Å²) in [7, 11) is 1.64. The lowest BCUT2D eigenvalue weighted by Gasteiger charge is -2.20. The molecule has 0 saturated carbocycles. The van der Waals surface area contributed by atoms with Crippen LogP contribution in [-0.2, 0) is 11.2 Å². The van der Waals surface area contributed by atoms with Crippen LogP contribution in [-0.4, -0.2) is 13.0 Å². The molecule has 27 heavy (non-hydrogen) atoms. The van der Waals surface area contributed by atoms with Crippen LogP contribution in [0.15, 0.2) is 72.8 Å². The van der Waals surface area contributed by atoms with E-state index < -0.39 is 0 Å². The first-order chi connectivity index (χ1) is 13.1. The number of ether oxygens (including phenoxy) is 1. The highest BCUT2D eigenvalue weighted by Crippen LogP contribution is 2.24. The van der Waals surface area contributed by atoms with Crippen molar-refractivity contribution in [2.75, 3.05) is 7.11 Å². The highest BCUT2D eigenvalue weighted by molar-refractivity contribution is 6.30. The first-order valence-electron chi connectivity index (χ1n) is 8.80. The largest absolute Gasteiger partial charge is 0.496 e. The molecule has 0 aromatic heterocycles. The monoisotopic (exact) mass is 379 g/mol. The zero-order chi connectivity index (χ0) is 19.2. The Morgan fingerprint density at radius 1 is 1.00 bits per heavy atom. The molecule has 3 nitrogen and oxygen atoms in total. The Kier molecular flexibility index (Phi) is 6.15. The molecule has 0 aliphatic heterocycles. The van der Waals surface area contributed by atoms with Crippen LogP contribution in [0.25, 0.3) is 0 Å². The van der Waals surface area contributed by atoms with Gasteiger partial charge in [-0.15, -0.1) is 0 Å². The molecule has 3 rings (SSSR count). The standard InChI is InChI=1S/C23H22ClNO2/c1-16-8-9-17(14-21(16)27-2)15-22(26)25-23(18-6-4-3-5-7-18)19-10-12-20(24)13-11-19/h3-14,23H,15H2,1-2H3,(H,25,26). The lowest BCUT2D eigenvalue weighted by molar-refractivity contribution is -0.120. The normalized spacial score (nSPS) is 11.7. The number of amides is 1. The summed E-state index contributed by atoms with van der Waals surface area (Å²) in [6, 6.07) is 23.1. The van der Waals surface area contributed by atoms with E-state index in [9.17, 15) is 4.79 Å². The number of carbonyl (C=O) groups is 1. The molecular weight excluding hydrogens is 358 g/mol. The van der Waals surface area contributed by atoms with E-state index in [-0.39, 0.29) is 18.4 Å². The molecule has 1 amide bonds. The van der Waals surface area contributed by atoms with Crippen LogP contribution in [0, 0.1) is 6.92 Å². The third kappa shape index (κ3) is 4.89. The van der Waals surface area contributed by atoms with Crippen molar-refractivity contribution in [1.29, 1.82) is 0 Å². The van der Waals surface area contributed by atoms with E-state index in [0.717, 1.165) is 28.0 Å². The van der Waals surface area contributed by atoms with E-state index >= 15 is 0 Å². The van der Waals surface area contributed by atoms with E-state index in [1.807, 2.05) is 79.7 Å². The summed E-state index contributed by atoms with van der Waals surface area (Å²) in [5, 5.41) is 3.82. The fourth-order valence-corrected chi connectivity index (χ4v) is 3.16. The van der Waals surface area contributed by atoms with Crippen molar-refractivity contribution in [3.8, 4) is 5.75 Å². The average Bonchev–Trinajstić information content (AvgIpc) is 2.69. The van der Waals surface area contributed by atoms with Gasteiger partial charge in [0, 0.05) is 5.02 Å². The highest BCUT2D eigenvalue weighted by atomic mass is 35.5. The Labute approximate surface area is 164 Å². The molecule has 0 radical (unpaired) electrons. The second-order valence-electron chi connectivity index (χ2n) is 6.44. The Bertz CT molecular complexity index is 907. The number of aryl methyl sites for hydroxylation is 1. The minimum absolute atomic E-state index is 0.0512. The van der Waals surface area contributed by atoms with Crippen molar-refractivity contribution in [3.63, 3.8) is 0 Å². The molecule has 0 saturated heterocycles. The third-order valence-electron chi connectivity index (χ3n) is 4.48. The van der Waals surface area contributed by atoms with Gasteiger partial charge in [-0.3, -0.25) is 4.79 Å². The third-order valence-corrected chi connectivity index (χ3v) is 4.73. The van der Waals surface area contributed by atoms with Gasteiger partial charge in [-0.25, -0.2) is 0 Å². The number of hydrogen-bond donors (Lipinski definition) is 1. The van der Waals surface area contributed by atoms with Crippen LogP contribution in [0.4, 0.5) is 0 Å². The minimum atomic E-state index is -0.233. The molecule has 1 N–H and O–H groups in total. The fourth-order valence-electron chi connectivity index (χ4n) is 3.03. The van der Waals surface area contributed by atoms with Gasteiger partial charge in [0.05, 0.1) is 19.6 Å². The van der Waals surface area contributed by atoms with Crippen LogP contribution < -0.4 is 10.1 Å². The number of rotatable bonds is 6. The topological polar surface area (TPSA) is 38.3 Å². The Balaban J connectivity index is 1.81. The maximum Gasteiger partial charge on any atom is 0.225 e. The molecule has 0 aliphatic carbocycles. The molecule has 1 unspecified atom stereocenters. The molecule has 3 aromatic carbocycles. The summed E-state index contributed by atoms with van der Waals surface area (Å²) in [6.45, 7) is 1.98. The maximum atomic E-state index is 12.7. The molecule has 0 aliphatic rings. The molecule has 4 heteroatoms. The van der Waals surface area contributed by atoms with Gasteiger partial charge >= 0.3 is 0 Å². The van der Waals surface area contributed by atoms with E-state index in [2.05, 4.69) is 5.32 Å². The minimum Gasteiger partial charge on any atom is -0.496 e. The summed E-state index contributed by atoms with van der Waals surface area (Å²) < 4.78 is 5.35. The Morgan fingerprint density at radius 3 is 2.33 bits per heavy atom. The number of halogens is 1. The highest BCUT2D eigenvalue weighted by Gasteiger charge is 2.17. The molecule has 1 atom stereocenters. The number of nitrogens with one attached hydrogen (secondary N) is 1. The second-order valence-corrected chi connectivity index (χ2v) is 6.88.